The van der Waals surface area contributed by atoms with Gasteiger partial charge < -0.3 is 22.1 Å². The topological polar surface area (TPSA) is 185 Å². The Morgan fingerprint density at radius 2 is 1.03 bits per heavy atom. The molecule has 0 bridgehead atoms. The molecule has 0 aliphatic carbocycles. The first-order valence-corrected chi connectivity index (χ1v) is 14.2. The molecule has 0 radical (unpaired) electrons. The molecule has 8 N–H and O–H groups in total. The number of fused-ring (bicyclic) bond motifs is 2. The van der Waals surface area contributed by atoms with Crippen molar-refractivity contribution in [1.82, 2.24) is 12.3 Å². The van der Waals surface area contributed by atoms with Gasteiger partial charge in [0.1, 0.15) is 0 Å². The smallest absolute Gasteiger partial charge is 0.266 e. The minimum Gasteiger partial charge on any atom is -0.360 e. The van der Waals surface area contributed by atoms with E-state index in [9.17, 15) is 16.8 Å². The van der Waals surface area contributed by atoms with Gasteiger partial charge in [-0.15, -0.1) is 23.5 Å². The van der Waals surface area contributed by atoms with Gasteiger partial charge in [0.2, 0.25) is 0 Å². The van der Waals surface area contributed by atoms with Gasteiger partial charge in [-0.25, -0.2) is 0 Å². The SMILES string of the molecule is N.N.O=S(=O)(O)CCN1CSc2ccccc21.O=S(=O)(O)CCN1CSc2ccccc21. The molecule has 2 heterocycles. The van der Waals surface area contributed by atoms with Crippen molar-refractivity contribution < 1.29 is 25.9 Å². The summed E-state index contributed by atoms with van der Waals surface area (Å²) in [6.45, 7) is 0.672. The summed E-state index contributed by atoms with van der Waals surface area (Å²) >= 11 is 3.35. The molecule has 0 fully saturated rings. The van der Waals surface area contributed by atoms with E-state index < -0.39 is 20.2 Å². The van der Waals surface area contributed by atoms with Crippen LogP contribution in [0.2, 0.25) is 0 Å². The number of benzene rings is 2. The Morgan fingerprint density at radius 3 is 1.38 bits per heavy atom. The molecule has 0 amide bonds. The highest BCUT2D eigenvalue weighted by molar-refractivity contribution is 8.00. The van der Waals surface area contributed by atoms with Gasteiger partial charge in [0.25, 0.3) is 20.2 Å². The van der Waals surface area contributed by atoms with Crippen molar-refractivity contribution in [2.45, 2.75) is 9.79 Å². The standard InChI is InChI=1S/2C9H11NO3S2.2H3N/c2*11-15(12,13)6-5-10-7-14-9-4-2-1-3-8(9)10;;/h2*1-4H,5-7H2,(H,11,12,13);2*1H3. The molecule has 2 aromatic carbocycles. The van der Waals surface area contributed by atoms with Gasteiger partial charge in [-0.05, 0) is 24.3 Å². The molecule has 10 nitrogen and oxygen atoms in total. The highest BCUT2D eigenvalue weighted by Gasteiger charge is 2.21. The number of rotatable bonds is 6. The van der Waals surface area contributed by atoms with Crippen LogP contribution in [0.4, 0.5) is 11.4 Å². The van der Waals surface area contributed by atoms with E-state index in [1.807, 2.05) is 58.3 Å². The van der Waals surface area contributed by atoms with Crippen LogP contribution in [-0.4, -0.2) is 62.3 Å². The van der Waals surface area contributed by atoms with Crippen molar-refractivity contribution in [3.05, 3.63) is 48.5 Å². The van der Waals surface area contributed by atoms with Crippen LogP contribution in [0.1, 0.15) is 0 Å². The fraction of sp³-hybridized carbons (Fsp3) is 0.333. The predicted octanol–water partition coefficient (Wildman–Crippen LogP) is 3.21. The van der Waals surface area contributed by atoms with Gasteiger partial charge in [-0.2, -0.15) is 16.8 Å². The zero-order valence-corrected chi connectivity index (χ0v) is 20.6. The van der Waals surface area contributed by atoms with Crippen molar-refractivity contribution in [2.24, 2.45) is 0 Å². The maximum atomic E-state index is 10.6. The lowest BCUT2D eigenvalue weighted by Gasteiger charge is -2.16. The Balaban J connectivity index is 0.000000301. The van der Waals surface area contributed by atoms with E-state index in [1.54, 1.807) is 23.5 Å². The molecular formula is C18H28N4O6S4. The van der Waals surface area contributed by atoms with Gasteiger partial charge >= 0.3 is 0 Å². The second kappa shape index (κ2) is 12.1. The van der Waals surface area contributed by atoms with Gasteiger partial charge in [0, 0.05) is 22.9 Å². The fourth-order valence-electron chi connectivity index (χ4n) is 2.94. The van der Waals surface area contributed by atoms with E-state index in [0.29, 0.717) is 13.1 Å². The maximum absolute atomic E-state index is 10.6. The first kappa shape index (κ1) is 28.5. The number of hydrogen-bond donors (Lipinski definition) is 4. The second-order valence-electron chi connectivity index (χ2n) is 6.58. The number of anilines is 2. The van der Waals surface area contributed by atoms with Gasteiger partial charge in [0.05, 0.1) is 34.6 Å². The van der Waals surface area contributed by atoms with Crippen LogP contribution in [0.5, 0.6) is 0 Å². The fourth-order valence-corrected chi connectivity index (χ4v) is 6.00. The van der Waals surface area contributed by atoms with Gasteiger partial charge in [-0.1, -0.05) is 24.3 Å². The van der Waals surface area contributed by atoms with Crippen LogP contribution < -0.4 is 22.1 Å². The lowest BCUT2D eigenvalue weighted by atomic mass is 10.3. The number of hydrogen-bond acceptors (Lipinski definition) is 10. The highest BCUT2D eigenvalue weighted by atomic mass is 32.2. The van der Waals surface area contributed by atoms with Crippen LogP contribution in [-0.2, 0) is 20.2 Å². The summed E-state index contributed by atoms with van der Waals surface area (Å²) in [5, 5.41) is 0. The Bertz CT molecular complexity index is 1010. The average molecular weight is 525 g/mol. The lowest BCUT2D eigenvalue weighted by Crippen LogP contribution is -2.26. The summed E-state index contributed by atoms with van der Waals surface area (Å²) in [7, 11) is -7.73. The molecule has 32 heavy (non-hydrogen) atoms. The molecule has 2 aromatic rings. The summed E-state index contributed by atoms with van der Waals surface area (Å²) in [4.78, 5) is 6.22. The van der Waals surface area contributed by atoms with Gasteiger partial charge in [-0.3, -0.25) is 9.11 Å². The Labute approximate surface area is 197 Å². The van der Waals surface area contributed by atoms with Gasteiger partial charge in [0.15, 0.2) is 0 Å². The van der Waals surface area contributed by atoms with Crippen molar-refractivity contribution in [1.29, 1.82) is 0 Å². The number of nitrogens with zero attached hydrogens (tertiary/aromatic N) is 2. The summed E-state index contributed by atoms with van der Waals surface area (Å²) in [6.07, 6.45) is 0. The zero-order chi connectivity index (χ0) is 21.8. The van der Waals surface area contributed by atoms with Crippen LogP contribution in [0.25, 0.3) is 0 Å². The second-order valence-corrected chi connectivity index (χ2v) is 11.7. The zero-order valence-electron chi connectivity index (χ0n) is 17.3. The molecule has 0 atom stereocenters. The van der Waals surface area contributed by atoms with Crippen LogP contribution in [0, 0.1) is 0 Å². The first-order valence-electron chi connectivity index (χ1n) is 8.96. The quantitative estimate of drug-likeness (QED) is 0.405. The molecule has 4 rings (SSSR count). The Morgan fingerprint density at radius 1 is 0.688 bits per heavy atom. The van der Waals surface area contributed by atoms with Crippen LogP contribution in [0.15, 0.2) is 58.3 Å². The summed E-state index contributed by atoms with van der Waals surface area (Å²) in [6, 6.07) is 15.7. The summed E-state index contributed by atoms with van der Waals surface area (Å²) in [5.74, 6) is 1.05. The third kappa shape index (κ3) is 8.44. The molecule has 2 aliphatic rings. The maximum Gasteiger partial charge on any atom is 0.266 e. The van der Waals surface area contributed by atoms with E-state index >= 15 is 0 Å². The predicted molar refractivity (Wildman–Crippen MR) is 132 cm³/mol. The normalized spacial score (nSPS) is 14.4. The van der Waals surface area contributed by atoms with E-state index in [0.717, 1.165) is 32.9 Å². The number of para-hydroxylation sites is 2. The Hall–Kier alpha value is -1.52. The van der Waals surface area contributed by atoms with E-state index in [4.69, 9.17) is 9.11 Å². The molecule has 0 saturated carbocycles. The van der Waals surface area contributed by atoms with Crippen LogP contribution >= 0.6 is 23.5 Å². The van der Waals surface area contributed by atoms with Crippen molar-refractivity contribution in [2.75, 3.05) is 46.1 Å². The highest BCUT2D eigenvalue weighted by Crippen LogP contribution is 2.38. The van der Waals surface area contributed by atoms with E-state index in [2.05, 4.69) is 0 Å². The van der Waals surface area contributed by atoms with Crippen molar-refractivity contribution >= 4 is 55.1 Å². The average Bonchev–Trinajstić information content (AvgIpc) is 3.28. The third-order valence-corrected chi connectivity index (χ3v) is 7.99. The number of thioether (sulfide) groups is 2. The van der Waals surface area contributed by atoms with Crippen molar-refractivity contribution in [3.63, 3.8) is 0 Å². The minimum absolute atomic E-state index is 0. The lowest BCUT2D eigenvalue weighted by molar-refractivity contribution is 0.480. The summed E-state index contributed by atoms with van der Waals surface area (Å²) < 4.78 is 59.8. The largest absolute Gasteiger partial charge is 0.360 e. The van der Waals surface area contributed by atoms with E-state index in [-0.39, 0.29) is 23.8 Å². The van der Waals surface area contributed by atoms with Crippen molar-refractivity contribution in [3.8, 4) is 0 Å². The van der Waals surface area contributed by atoms with E-state index in [1.165, 1.54) is 0 Å². The third-order valence-electron chi connectivity index (χ3n) is 4.40. The molecule has 14 heteroatoms. The van der Waals surface area contributed by atoms with Crippen LogP contribution in [0.3, 0.4) is 0 Å². The molecule has 180 valence electrons. The summed E-state index contributed by atoms with van der Waals surface area (Å²) in [5.41, 5.74) is 2.09. The Kier molecular flexibility index (Phi) is 10.8. The molecule has 0 unspecified atom stereocenters. The monoisotopic (exact) mass is 524 g/mol. The molecule has 0 saturated heterocycles. The minimum atomic E-state index is -3.87. The molecule has 0 spiro atoms. The molecule has 0 aromatic heterocycles. The first-order chi connectivity index (χ1) is 14.1. The molecular weight excluding hydrogens is 496 g/mol. The molecule has 2 aliphatic heterocycles.